The van der Waals surface area contributed by atoms with E-state index in [4.69, 9.17) is 0 Å². The molecule has 0 amide bonds. The van der Waals surface area contributed by atoms with Crippen LogP contribution in [0.5, 0.6) is 0 Å². The summed E-state index contributed by atoms with van der Waals surface area (Å²) in [5.41, 5.74) is 2.55. The van der Waals surface area contributed by atoms with Crippen LogP contribution in [-0.4, -0.2) is 17.0 Å². The minimum atomic E-state index is -0.551. The highest BCUT2D eigenvalue weighted by molar-refractivity contribution is 5.49. The normalized spacial score (nSPS) is 21.3. The summed E-state index contributed by atoms with van der Waals surface area (Å²) in [7, 11) is 0. The molecule has 0 bridgehead atoms. The Kier molecular flexibility index (Phi) is 22.9. The van der Waals surface area contributed by atoms with Gasteiger partial charge in [0.1, 0.15) is 6.29 Å². The van der Waals surface area contributed by atoms with Gasteiger partial charge < -0.3 is 9.90 Å². The van der Waals surface area contributed by atoms with Gasteiger partial charge in [0, 0.05) is 6.42 Å². The largest absolute Gasteiger partial charge is 0.390 e. The molecule has 1 aliphatic rings. The van der Waals surface area contributed by atoms with Gasteiger partial charge in [0.25, 0.3) is 0 Å². The lowest BCUT2D eigenvalue weighted by molar-refractivity contribution is -0.108. The first-order valence-electron chi connectivity index (χ1n) is 15.6. The van der Waals surface area contributed by atoms with Gasteiger partial charge in [0.2, 0.25) is 0 Å². The number of aliphatic hydroxyl groups is 1. The third kappa shape index (κ3) is 18.4. The summed E-state index contributed by atoms with van der Waals surface area (Å²) in [4.78, 5) is 10.6. The van der Waals surface area contributed by atoms with E-state index in [1.54, 1.807) is 11.1 Å². The number of hydrogen-bond acceptors (Lipinski definition) is 2. The first-order valence-corrected chi connectivity index (χ1v) is 15.6. The van der Waals surface area contributed by atoms with E-state index in [1.807, 2.05) is 34.6 Å². The molecule has 0 saturated heterocycles. The Balaban J connectivity index is 0. The number of aldehydes is 1. The Morgan fingerprint density at radius 2 is 1.33 bits per heavy atom. The molecule has 0 aromatic rings. The zero-order valence-electron chi connectivity index (χ0n) is 26.5. The first kappa shape index (κ1) is 37.3. The van der Waals surface area contributed by atoms with Crippen LogP contribution in [0.3, 0.4) is 0 Å². The molecule has 6 unspecified atom stereocenters. The molecule has 0 aromatic heterocycles. The van der Waals surface area contributed by atoms with Crippen molar-refractivity contribution in [3.63, 3.8) is 0 Å². The number of rotatable bonds is 17. The molecule has 0 heterocycles. The maximum Gasteiger partial charge on any atom is 0.120 e. The predicted octanol–water partition coefficient (Wildman–Crippen LogP) is 10.7. The van der Waals surface area contributed by atoms with Crippen molar-refractivity contribution in [2.45, 2.75) is 159 Å². The number of allylic oxidation sites excluding steroid dienone is 4. The van der Waals surface area contributed by atoms with E-state index in [-0.39, 0.29) is 0 Å². The van der Waals surface area contributed by atoms with Gasteiger partial charge >= 0.3 is 0 Å². The van der Waals surface area contributed by atoms with Crippen molar-refractivity contribution in [2.24, 2.45) is 29.6 Å². The molecule has 0 radical (unpaired) electrons. The average Bonchev–Trinajstić information content (AvgIpc) is 2.83. The Bertz CT molecular complexity index is 586. The van der Waals surface area contributed by atoms with Crippen LogP contribution >= 0.6 is 0 Å². The minimum Gasteiger partial charge on any atom is -0.390 e. The quantitative estimate of drug-likeness (QED) is 0.199. The van der Waals surface area contributed by atoms with Gasteiger partial charge in [-0.15, -0.1) is 0 Å². The van der Waals surface area contributed by atoms with Crippen molar-refractivity contribution in [1.29, 1.82) is 0 Å². The molecule has 0 saturated carbocycles. The average molecular weight is 507 g/mol. The molecule has 1 N–H and O–H groups in total. The second-order valence-corrected chi connectivity index (χ2v) is 11.7. The fourth-order valence-corrected chi connectivity index (χ4v) is 5.11. The van der Waals surface area contributed by atoms with Crippen molar-refractivity contribution >= 4 is 6.29 Å². The van der Waals surface area contributed by atoms with Gasteiger partial charge in [-0.3, -0.25) is 0 Å². The van der Waals surface area contributed by atoms with Gasteiger partial charge in [-0.25, -0.2) is 0 Å². The molecule has 1 rings (SSSR count). The van der Waals surface area contributed by atoms with Gasteiger partial charge in [0.05, 0.1) is 5.60 Å². The molecular weight excluding hydrogens is 440 g/mol. The van der Waals surface area contributed by atoms with E-state index in [9.17, 15) is 9.90 Å². The summed E-state index contributed by atoms with van der Waals surface area (Å²) in [6.45, 7) is 23.9. The first-order chi connectivity index (χ1) is 17.0. The van der Waals surface area contributed by atoms with Crippen LogP contribution in [0.1, 0.15) is 153 Å². The summed E-state index contributed by atoms with van der Waals surface area (Å²) in [5.74, 6) is 3.36. The number of hydrogen-bond donors (Lipinski definition) is 1. The molecule has 0 aromatic carbocycles. The van der Waals surface area contributed by atoms with Crippen molar-refractivity contribution in [3.05, 3.63) is 23.3 Å². The Labute approximate surface area is 227 Å². The third-order valence-electron chi connectivity index (χ3n) is 8.04. The summed E-state index contributed by atoms with van der Waals surface area (Å²) >= 11 is 0. The number of carbonyl (C=O) groups is 1. The summed E-state index contributed by atoms with van der Waals surface area (Å²) in [6, 6.07) is 0. The van der Waals surface area contributed by atoms with Crippen molar-refractivity contribution in [3.8, 4) is 0 Å². The lowest BCUT2D eigenvalue weighted by Crippen LogP contribution is -2.24. The van der Waals surface area contributed by atoms with E-state index in [2.05, 4.69) is 53.7 Å². The van der Waals surface area contributed by atoms with Crippen LogP contribution in [0.25, 0.3) is 0 Å². The molecule has 0 spiro atoms. The zero-order valence-corrected chi connectivity index (χ0v) is 26.5. The Morgan fingerprint density at radius 3 is 1.83 bits per heavy atom. The topological polar surface area (TPSA) is 37.3 Å². The maximum atomic E-state index is 10.7. The van der Waals surface area contributed by atoms with E-state index in [0.29, 0.717) is 24.2 Å². The van der Waals surface area contributed by atoms with Gasteiger partial charge in [-0.1, -0.05) is 131 Å². The van der Waals surface area contributed by atoms with Crippen LogP contribution in [0.15, 0.2) is 23.3 Å². The number of carbonyl (C=O) groups excluding carboxylic acids is 1. The molecule has 2 heteroatoms. The highest BCUT2D eigenvalue weighted by atomic mass is 16.3. The Morgan fingerprint density at radius 1 is 0.861 bits per heavy atom. The highest BCUT2D eigenvalue weighted by Crippen LogP contribution is 2.31. The van der Waals surface area contributed by atoms with Crippen LogP contribution in [0, 0.1) is 29.6 Å². The summed E-state index contributed by atoms with van der Waals surface area (Å²) in [6.07, 6.45) is 19.2. The lowest BCUT2D eigenvalue weighted by Gasteiger charge is -2.25. The smallest absolute Gasteiger partial charge is 0.120 e. The highest BCUT2D eigenvalue weighted by Gasteiger charge is 2.20. The van der Waals surface area contributed by atoms with Crippen LogP contribution in [0.2, 0.25) is 0 Å². The van der Waals surface area contributed by atoms with Crippen molar-refractivity contribution in [1.82, 2.24) is 0 Å². The molecule has 0 aliphatic heterocycles. The zero-order chi connectivity index (χ0) is 28.1. The fourth-order valence-electron chi connectivity index (χ4n) is 5.11. The fraction of sp³-hybridized carbons (Fsp3) is 0.853. The maximum absolute atomic E-state index is 10.7. The second kappa shape index (κ2) is 22.1. The molecule has 0 fully saturated rings. The molecule has 2 nitrogen and oxygen atoms in total. The van der Waals surface area contributed by atoms with E-state index >= 15 is 0 Å². The minimum absolute atomic E-state index is 0.443. The summed E-state index contributed by atoms with van der Waals surface area (Å²) < 4.78 is 0. The molecule has 214 valence electrons. The standard InChI is InChI=1S/C30H54O2.2C2H6/c1-23(13-9-18-30(7,32)19-10-14-25(3)17-20-31)11-8-12-24(2)15-16-29-21-26(4)28(6)27(5)22-29;2*1-2/h20-26,28,32H,8-19H2,1-7H3;2*1-2H3. The van der Waals surface area contributed by atoms with E-state index < -0.39 is 5.60 Å². The van der Waals surface area contributed by atoms with Crippen LogP contribution < -0.4 is 0 Å². The van der Waals surface area contributed by atoms with Gasteiger partial charge in [-0.2, -0.15) is 0 Å². The van der Waals surface area contributed by atoms with Crippen molar-refractivity contribution in [2.75, 3.05) is 0 Å². The monoisotopic (exact) mass is 507 g/mol. The molecule has 6 atom stereocenters. The van der Waals surface area contributed by atoms with Gasteiger partial charge in [-0.05, 0) is 69.1 Å². The predicted molar refractivity (Wildman–Crippen MR) is 162 cm³/mol. The lowest BCUT2D eigenvalue weighted by atomic mass is 9.81. The van der Waals surface area contributed by atoms with Crippen molar-refractivity contribution < 1.29 is 9.90 Å². The van der Waals surface area contributed by atoms with E-state index in [1.165, 1.54) is 38.5 Å². The third-order valence-corrected chi connectivity index (χ3v) is 8.04. The molecule has 36 heavy (non-hydrogen) atoms. The molecule has 1 aliphatic carbocycles. The molecular formula is C34H66O2. The van der Waals surface area contributed by atoms with Crippen LogP contribution in [-0.2, 0) is 4.79 Å². The second-order valence-electron chi connectivity index (χ2n) is 11.7. The SMILES string of the molecule is CC.CC.CC1=CC(CCC(C)CCCC(C)CCCC(C)(O)CCCC(C)CC=O)=CC(C)C1C. The van der Waals surface area contributed by atoms with Crippen LogP contribution in [0.4, 0.5) is 0 Å². The Hall–Kier alpha value is -0.890. The summed E-state index contributed by atoms with van der Waals surface area (Å²) in [5, 5.41) is 10.7. The van der Waals surface area contributed by atoms with E-state index in [0.717, 1.165) is 50.2 Å². The van der Waals surface area contributed by atoms with Gasteiger partial charge in [0.15, 0.2) is 0 Å².